The highest BCUT2D eigenvalue weighted by molar-refractivity contribution is 6.58. The van der Waals surface area contributed by atoms with Crippen molar-refractivity contribution in [2.45, 2.75) is 33.2 Å². The van der Waals surface area contributed by atoms with Crippen LogP contribution in [0.3, 0.4) is 0 Å². The maximum atomic E-state index is 12.8. The number of amides is 2. The Labute approximate surface area is 293 Å². The number of nitrogens with two attached hydrogens (primary N) is 1. The molecule has 2 aromatic carbocycles. The number of anilines is 2. The molecule has 5 aromatic rings. The van der Waals surface area contributed by atoms with E-state index in [2.05, 4.69) is 32.5 Å². The van der Waals surface area contributed by atoms with Crippen molar-refractivity contribution in [3.63, 3.8) is 0 Å². The number of hydrogen-bond acceptors (Lipinski definition) is 9. The molecule has 0 unspecified atom stereocenters. The number of rotatable bonds is 4. The molecule has 2 atom stereocenters. The highest BCUT2D eigenvalue weighted by Gasteiger charge is 2.43. The number of benzene rings is 2. The second kappa shape index (κ2) is 16.6. The van der Waals surface area contributed by atoms with Gasteiger partial charge in [0.25, 0.3) is 0 Å². The summed E-state index contributed by atoms with van der Waals surface area (Å²) in [5.74, 6) is 0.409. The minimum Gasteiger partial charge on any atom is -0.423 e. The second-order valence-corrected chi connectivity index (χ2v) is 12.4. The smallest absolute Gasteiger partial charge is 0.423 e. The van der Waals surface area contributed by atoms with E-state index in [1.165, 1.54) is 0 Å². The average Bonchev–Trinajstić information content (AvgIpc) is 3.70. The van der Waals surface area contributed by atoms with Gasteiger partial charge in [-0.05, 0) is 116 Å². The van der Waals surface area contributed by atoms with E-state index < -0.39 is 7.12 Å². The molecule has 3 aromatic heterocycles. The molecule has 50 heavy (non-hydrogen) atoms. The third-order valence-electron chi connectivity index (χ3n) is 8.63. The molecule has 0 spiro atoms. The van der Waals surface area contributed by atoms with Crippen LogP contribution in [0.25, 0.3) is 22.3 Å². The Balaban J connectivity index is 0.000000169. The molecular weight excluding hydrogens is 627 g/mol. The Kier molecular flexibility index (Phi) is 11.8. The highest BCUT2D eigenvalue weighted by Crippen LogP contribution is 2.32. The van der Waals surface area contributed by atoms with Gasteiger partial charge in [-0.2, -0.15) is 5.26 Å². The summed E-state index contributed by atoms with van der Waals surface area (Å²) in [5, 5.41) is 29.5. The van der Waals surface area contributed by atoms with Gasteiger partial charge >= 0.3 is 13.1 Å². The fourth-order valence-corrected chi connectivity index (χ4v) is 6.16. The van der Waals surface area contributed by atoms with Crippen LogP contribution in [0.5, 0.6) is 0 Å². The number of aryl methyl sites for hydroxylation is 3. The van der Waals surface area contributed by atoms with E-state index >= 15 is 0 Å². The van der Waals surface area contributed by atoms with Gasteiger partial charge in [-0.3, -0.25) is 15.0 Å². The molecule has 0 saturated carbocycles. The van der Waals surface area contributed by atoms with Crippen molar-refractivity contribution >= 4 is 30.0 Å². The summed E-state index contributed by atoms with van der Waals surface area (Å²) in [7, 11) is -1.39. The summed E-state index contributed by atoms with van der Waals surface area (Å²) in [6, 6.07) is 27.0. The molecule has 5 N–H and O–H groups in total. The molecule has 2 aliphatic rings. The van der Waals surface area contributed by atoms with E-state index in [1.807, 2.05) is 91.7 Å². The summed E-state index contributed by atoms with van der Waals surface area (Å²) in [5.41, 5.74) is 14.9. The number of fused-ring (bicyclic) bond motifs is 1. The molecule has 0 bridgehead atoms. The molecule has 12 heteroatoms. The number of hydrogen-bond donors (Lipinski definition) is 4. The summed E-state index contributed by atoms with van der Waals surface area (Å²) in [6.45, 7) is 7.91. The van der Waals surface area contributed by atoms with E-state index in [0.717, 1.165) is 70.2 Å². The maximum absolute atomic E-state index is 12.8. The minimum atomic E-state index is -1.39. The molecule has 0 aliphatic carbocycles. The van der Waals surface area contributed by atoms with Crippen LogP contribution < -0.4 is 16.5 Å². The van der Waals surface area contributed by atoms with Crippen LogP contribution in [0.1, 0.15) is 23.5 Å². The average molecular weight is 669 g/mol. The second-order valence-electron chi connectivity index (χ2n) is 12.4. The number of pyridine rings is 3. The molecule has 5 heterocycles. The monoisotopic (exact) mass is 668 g/mol. The Morgan fingerprint density at radius 1 is 0.820 bits per heavy atom. The van der Waals surface area contributed by atoms with E-state index in [9.17, 15) is 4.79 Å². The van der Waals surface area contributed by atoms with Gasteiger partial charge in [0.15, 0.2) is 6.19 Å². The molecule has 2 amide bonds. The quantitative estimate of drug-likeness (QED) is 0.120. The van der Waals surface area contributed by atoms with Crippen molar-refractivity contribution in [3.05, 3.63) is 121 Å². The van der Waals surface area contributed by atoms with E-state index in [4.69, 9.17) is 21.0 Å². The maximum Gasteiger partial charge on any atom is 0.488 e. The molecule has 0 radical (unpaired) electrons. The van der Waals surface area contributed by atoms with Crippen LogP contribution in [-0.4, -0.2) is 73.6 Å². The Hall–Kier alpha value is -5.77. The van der Waals surface area contributed by atoms with Crippen molar-refractivity contribution in [2.75, 3.05) is 30.7 Å². The summed E-state index contributed by atoms with van der Waals surface area (Å²) in [6.07, 6.45) is 8.32. The Morgan fingerprint density at radius 3 is 1.96 bits per heavy atom. The lowest BCUT2D eigenvalue weighted by Gasteiger charge is -2.24. The lowest BCUT2D eigenvalue weighted by Crippen LogP contribution is -2.41. The first kappa shape index (κ1) is 35.5. The van der Waals surface area contributed by atoms with Crippen LogP contribution in [0.4, 0.5) is 16.2 Å². The van der Waals surface area contributed by atoms with Gasteiger partial charge in [0.05, 0.1) is 6.04 Å². The van der Waals surface area contributed by atoms with Crippen LogP contribution in [0.2, 0.25) is 0 Å². The number of nitrogens with zero attached hydrogens (tertiary/aromatic N) is 6. The summed E-state index contributed by atoms with van der Waals surface area (Å²) >= 11 is 0. The summed E-state index contributed by atoms with van der Waals surface area (Å²) < 4.78 is 0. The standard InChI is InChI=1S/C20H21N5O.C12H12N2.C6H8BNO2/c1-14-9-16(5-7-22-14)15-3-2-4-18(10-15)23-20(26)25-8-6-17-11-24(13-21)12-19(17)25;1-9-7-11(5-6-14-9)10-3-2-4-12(13)8-10;1-5-4-6(7(9)10)2-3-8-5/h2-5,7,9-10,17,19H,6,8,11-12H2,1H3,(H,23,26);2-8H,13H2,1H3;2-4,9-10H,1H3/t17-,19+;;/m1../s1. The SMILES string of the molecule is Cc1cc(-c2cccc(N)c2)ccn1.Cc1cc(-c2cccc(NC(=O)N3CC[C@@H]4CN(C#N)C[C@@H]43)c2)ccn1.Cc1cc(B(O)O)ccn1. The van der Waals surface area contributed by atoms with Crippen LogP contribution in [0.15, 0.2) is 104 Å². The number of aromatic nitrogens is 3. The zero-order chi connectivity index (χ0) is 35.6. The van der Waals surface area contributed by atoms with Crippen molar-refractivity contribution in [1.29, 1.82) is 5.26 Å². The van der Waals surface area contributed by atoms with Crippen molar-refractivity contribution in [3.8, 4) is 28.4 Å². The van der Waals surface area contributed by atoms with Crippen molar-refractivity contribution in [1.82, 2.24) is 24.8 Å². The van der Waals surface area contributed by atoms with Crippen LogP contribution in [-0.2, 0) is 0 Å². The lowest BCUT2D eigenvalue weighted by molar-refractivity contribution is 0.204. The van der Waals surface area contributed by atoms with Crippen molar-refractivity contribution in [2.24, 2.45) is 5.92 Å². The van der Waals surface area contributed by atoms with Gasteiger partial charge in [0, 0.05) is 72.6 Å². The first-order valence-corrected chi connectivity index (χ1v) is 16.4. The minimum absolute atomic E-state index is 0.0830. The van der Waals surface area contributed by atoms with Gasteiger partial charge in [-0.1, -0.05) is 24.3 Å². The number of nitrogens with one attached hydrogen (secondary N) is 1. The Bertz CT molecular complexity index is 1920. The van der Waals surface area contributed by atoms with Gasteiger partial charge in [0.1, 0.15) is 0 Å². The number of carbonyl (C=O) groups is 1. The van der Waals surface area contributed by atoms with E-state index in [0.29, 0.717) is 17.9 Å². The van der Waals surface area contributed by atoms with Crippen LogP contribution in [0, 0.1) is 38.1 Å². The molecule has 7 rings (SSSR count). The van der Waals surface area contributed by atoms with Crippen molar-refractivity contribution < 1.29 is 14.8 Å². The van der Waals surface area contributed by atoms with Gasteiger partial charge < -0.3 is 30.9 Å². The molecule has 2 aliphatic heterocycles. The first-order valence-electron chi connectivity index (χ1n) is 16.4. The molecule has 2 saturated heterocycles. The highest BCUT2D eigenvalue weighted by atomic mass is 16.4. The Morgan fingerprint density at radius 2 is 1.40 bits per heavy atom. The lowest BCUT2D eigenvalue weighted by atomic mass is 9.81. The van der Waals surface area contributed by atoms with Crippen LogP contribution >= 0.6 is 0 Å². The third-order valence-corrected chi connectivity index (χ3v) is 8.63. The van der Waals surface area contributed by atoms with Gasteiger partial charge in [-0.15, -0.1) is 0 Å². The number of urea groups is 1. The molecule has 2 fully saturated rings. The number of likely N-dealkylation sites (tertiary alicyclic amines) is 2. The number of carbonyl (C=O) groups excluding carboxylic acids is 1. The predicted molar refractivity (Wildman–Crippen MR) is 197 cm³/mol. The number of nitriles is 1. The topological polar surface area (TPSA) is 165 Å². The molecule has 11 nitrogen and oxygen atoms in total. The van der Waals surface area contributed by atoms with E-state index in [-0.39, 0.29) is 12.1 Å². The zero-order valence-electron chi connectivity index (χ0n) is 28.4. The fraction of sp³-hybridized carbons (Fsp3) is 0.237. The fourth-order valence-electron chi connectivity index (χ4n) is 6.16. The van der Waals surface area contributed by atoms with E-state index in [1.54, 1.807) is 36.4 Å². The third kappa shape index (κ3) is 9.44. The largest absolute Gasteiger partial charge is 0.488 e. The van der Waals surface area contributed by atoms with Gasteiger partial charge in [0.2, 0.25) is 0 Å². The summed E-state index contributed by atoms with van der Waals surface area (Å²) in [4.78, 5) is 28.7. The number of nitrogen functional groups attached to an aromatic ring is 1. The van der Waals surface area contributed by atoms with Gasteiger partial charge in [-0.25, -0.2) is 4.79 Å². The molecule has 254 valence electrons. The first-order chi connectivity index (χ1) is 24.1. The predicted octanol–water partition coefficient (Wildman–Crippen LogP) is 4.79. The zero-order valence-corrected chi connectivity index (χ0v) is 28.4. The molecular formula is C38H41BN8O3. The normalized spacial score (nSPS) is 15.8.